The molecule has 0 radical (unpaired) electrons. The van der Waals surface area contributed by atoms with Gasteiger partial charge in [0.2, 0.25) is 0 Å². The van der Waals surface area contributed by atoms with E-state index in [1.54, 1.807) is 0 Å². The van der Waals surface area contributed by atoms with E-state index in [0.29, 0.717) is 0 Å². The van der Waals surface area contributed by atoms with Crippen molar-refractivity contribution in [3.63, 3.8) is 0 Å². The van der Waals surface area contributed by atoms with Crippen LogP contribution in [0.2, 0.25) is 0 Å². The van der Waals surface area contributed by atoms with Crippen LogP contribution in [0, 0.1) is 0 Å². The summed E-state index contributed by atoms with van der Waals surface area (Å²) in [5.74, 6) is -2.81. The second kappa shape index (κ2) is 4.96. The number of carbonyl (C=O) groups excluding carboxylic acids is 2. The number of fused-ring (bicyclic) bond motifs is 1. The molecule has 9 nitrogen and oxygen atoms in total. The van der Waals surface area contributed by atoms with Crippen molar-refractivity contribution in [2.75, 3.05) is 7.11 Å². The minimum Gasteiger partial charge on any atom is -0.477 e. The fourth-order valence-electron chi connectivity index (χ4n) is 1.53. The number of carboxylic acid groups (broad SMARTS) is 1. The quantitative estimate of drug-likeness (QED) is 0.787. The minimum atomic E-state index is -1.32. The first-order valence-electron chi connectivity index (χ1n) is 5.33. The van der Waals surface area contributed by atoms with Crippen LogP contribution in [0.25, 0.3) is 5.65 Å². The number of aromatic nitrogens is 3. The standard InChI is InChI=1S/C11H9N3O6/c1-5(15)20-8-4-12-14-7(10(16)17)3-6(11(18)19-2)13-9(8)14/h3-4H,1-2H3,(H,16,17). The molecule has 1 N–H and O–H groups in total. The Hall–Kier alpha value is -2.97. The molecule has 20 heavy (non-hydrogen) atoms. The van der Waals surface area contributed by atoms with E-state index >= 15 is 0 Å². The van der Waals surface area contributed by atoms with Crippen molar-refractivity contribution >= 4 is 23.6 Å². The number of rotatable bonds is 3. The molecule has 2 aromatic rings. The van der Waals surface area contributed by atoms with Crippen LogP contribution in [-0.2, 0) is 9.53 Å². The average molecular weight is 279 g/mol. The molecule has 0 unspecified atom stereocenters. The summed E-state index contributed by atoms with van der Waals surface area (Å²) in [5, 5.41) is 12.9. The summed E-state index contributed by atoms with van der Waals surface area (Å²) >= 11 is 0. The molecular weight excluding hydrogens is 270 g/mol. The van der Waals surface area contributed by atoms with Crippen LogP contribution in [0.5, 0.6) is 5.75 Å². The van der Waals surface area contributed by atoms with Crippen LogP contribution in [0.1, 0.15) is 27.9 Å². The summed E-state index contributed by atoms with van der Waals surface area (Å²) in [5.41, 5.74) is -0.611. The van der Waals surface area contributed by atoms with E-state index in [4.69, 9.17) is 9.84 Å². The maximum absolute atomic E-state index is 11.5. The van der Waals surface area contributed by atoms with Gasteiger partial charge in [0, 0.05) is 13.0 Å². The molecule has 0 aliphatic heterocycles. The number of aromatic carboxylic acids is 1. The highest BCUT2D eigenvalue weighted by molar-refractivity contribution is 5.93. The van der Waals surface area contributed by atoms with Gasteiger partial charge in [-0.15, -0.1) is 0 Å². The van der Waals surface area contributed by atoms with Crippen molar-refractivity contribution in [3.8, 4) is 5.75 Å². The Labute approximate surface area is 111 Å². The predicted octanol–water partition coefficient (Wildman–Crippen LogP) is 0.139. The number of ether oxygens (including phenoxy) is 2. The Bertz CT molecular complexity index is 720. The topological polar surface area (TPSA) is 120 Å². The molecule has 0 amide bonds. The summed E-state index contributed by atoms with van der Waals surface area (Å²) in [7, 11) is 1.14. The zero-order valence-corrected chi connectivity index (χ0v) is 10.5. The molecule has 0 saturated carbocycles. The molecule has 9 heteroatoms. The van der Waals surface area contributed by atoms with E-state index in [2.05, 4.69) is 14.8 Å². The normalized spacial score (nSPS) is 10.3. The van der Waals surface area contributed by atoms with Crippen LogP contribution in [0.15, 0.2) is 12.3 Å². The van der Waals surface area contributed by atoms with E-state index in [9.17, 15) is 14.4 Å². The van der Waals surface area contributed by atoms with Gasteiger partial charge in [-0.3, -0.25) is 4.79 Å². The van der Waals surface area contributed by atoms with Crippen molar-refractivity contribution in [1.29, 1.82) is 0 Å². The average Bonchev–Trinajstić information content (AvgIpc) is 2.79. The Morgan fingerprint density at radius 3 is 2.60 bits per heavy atom. The lowest BCUT2D eigenvalue weighted by Gasteiger charge is -2.04. The number of hydrogen-bond donors (Lipinski definition) is 1. The third-order valence-corrected chi connectivity index (χ3v) is 2.31. The van der Waals surface area contributed by atoms with E-state index in [-0.39, 0.29) is 22.8 Å². The second-order valence-corrected chi connectivity index (χ2v) is 3.66. The number of carbonyl (C=O) groups is 3. The van der Waals surface area contributed by atoms with Gasteiger partial charge in [-0.25, -0.2) is 19.1 Å². The Kier molecular flexibility index (Phi) is 3.34. The SMILES string of the molecule is COC(=O)c1cc(C(=O)O)n2ncc(OC(C)=O)c2n1. The van der Waals surface area contributed by atoms with Gasteiger partial charge in [-0.1, -0.05) is 0 Å². The number of methoxy groups -OCH3 is 1. The molecule has 0 aromatic carbocycles. The first-order valence-corrected chi connectivity index (χ1v) is 5.33. The summed E-state index contributed by atoms with van der Waals surface area (Å²) in [6.45, 7) is 1.17. The summed E-state index contributed by atoms with van der Waals surface area (Å²) in [6, 6.07) is 1.02. The molecule has 0 atom stereocenters. The van der Waals surface area contributed by atoms with E-state index < -0.39 is 17.9 Å². The van der Waals surface area contributed by atoms with Crippen LogP contribution < -0.4 is 4.74 Å². The van der Waals surface area contributed by atoms with Crippen molar-refractivity contribution in [2.24, 2.45) is 0 Å². The molecule has 0 bridgehead atoms. The Morgan fingerprint density at radius 1 is 1.35 bits per heavy atom. The first-order chi connectivity index (χ1) is 9.43. The lowest BCUT2D eigenvalue weighted by molar-refractivity contribution is -0.131. The fourth-order valence-corrected chi connectivity index (χ4v) is 1.53. The predicted molar refractivity (Wildman–Crippen MR) is 62.6 cm³/mol. The van der Waals surface area contributed by atoms with Gasteiger partial charge in [-0.2, -0.15) is 5.10 Å². The van der Waals surface area contributed by atoms with Gasteiger partial charge in [0.25, 0.3) is 0 Å². The largest absolute Gasteiger partial charge is 0.477 e. The smallest absolute Gasteiger partial charge is 0.356 e. The fraction of sp³-hybridized carbons (Fsp3) is 0.182. The van der Waals surface area contributed by atoms with Gasteiger partial charge in [0.05, 0.1) is 13.3 Å². The molecule has 2 heterocycles. The summed E-state index contributed by atoms with van der Waals surface area (Å²) < 4.78 is 10.3. The van der Waals surface area contributed by atoms with E-state index in [1.165, 1.54) is 6.92 Å². The molecule has 0 spiro atoms. The molecule has 104 valence electrons. The second-order valence-electron chi connectivity index (χ2n) is 3.66. The molecule has 0 aliphatic rings. The van der Waals surface area contributed by atoms with Crippen LogP contribution in [-0.4, -0.2) is 44.7 Å². The molecule has 2 aromatic heterocycles. The molecular formula is C11H9N3O6. The van der Waals surface area contributed by atoms with E-state index in [0.717, 1.165) is 23.9 Å². The maximum Gasteiger partial charge on any atom is 0.356 e. The monoisotopic (exact) mass is 279 g/mol. The van der Waals surface area contributed by atoms with Crippen molar-refractivity contribution in [3.05, 3.63) is 23.7 Å². The van der Waals surface area contributed by atoms with Crippen molar-refractivity contribution in [1.82, 2.24) is 14.6 Å². The highest BCUT2D eigenvalue weighted by atomic mass is 16.5. The third-order valence-electron chi connectivity index (χ3n) is 2.31. The van der Waals surface area contributed by atoms with Crippen molar-refractivity contribution < 1.29 is 29.0 Å². The molecule has 0 fully saturated rings. The Balaban J connectivity index is 2.71. The van der Waals surface area contributed by atoms with E-state index in [1.807, 2.05) is 0 Å². The third kappa shape index (κ3) is 2.28. The zero-order chi connectivity index (χ0) is 14.9. The lowest BCUT2D eigenvalue weighted by Crippen LogP contribution is -2.13. The van der Waals surface area contributed by atoms with Crippen LogP contribution >= 0.6 is 0 Å². The zero-order valence-electron chi connectivity index (χ0n) is 10.5. The van der Waals surface area contributed by atoms with Gasteiger partial charge in [0.15, 0.2) is 22.8 Å². The number of hydrogen-bond acceptors (Lipinski definition) is 7. The highest BCUT2D eigenvalue weighted by Gasteiger charge is 2.20. The van der Waals surface area contributed by atoms with Crippen LogP contribution in [0.4, 0.5) is 0 Å². The minimum absolute atomic E-state index is 0.0502. The van der Waals surface area contributed by atoms with Gasteiger partial charge in [0.1, 0.15) is 0 Å². The Morgan fingerprint density at radius 2 is 2.05 bits per heavy atom. The van der Waals surface area contributed by atoms with Gasteiger partial charge >= 0.3 is 17.9 Å². The van der Waals surface area contributed by atoms with Crippen LogP contribution in [0.3, 0.4) is 0 Å². The summed E-state index contributed by atoms with van der Waals surface area (Å²) in [6.07, 6.45) is 1.14. The lowest BCUT2D eigenvalue weighted by atomic mass is 10.3. The molecule has 2 rings (SSSR count). The maximum atomic E-state index is 11.5. The summed E-state index contributed by atoms with van der Waals surface area (Å²) in [4.78, 5) is 37.5. The number of carboxylic acids is 1. The van der Waals surface area contributed by atoms with Gasteiger partial charge in [-0.05, 0) is 0 Å². The van der Waals surface area contributed by atoms with Crippen molar-refractivity contribution in [2.45, 2.75) is 6.92 Å². The van der Waals surface area contributed by atoms with Gasteiger partial charge < -0.3 is 14.6 Å². The number of esters is 2. The molecule has 0 aliphatic carbocycles. The highest BCUT2D eigenvalue weighted by Crippen LogP contribution is 2.20. The first kappa shape index (κ1) is 13.5. The molecule has 0 saturated heterocycles. The number of nitrogens with zero attached hydrogens (tertiary/aromatic N) is 3.